The highest BCUT2D eigenvalue weighted by Gasteiger charge is 2.33. The zero-order valence-corrected chi connectivity index (χ0v) is 10.5. The van der Waals surface area contributed by atoms with Crippen LogP contribution in [0.3, 0.4) is 0 Å². The fourth-order valence-corrected chi connectivity index (χ4v) is 1.63. The summed E-state index contributed by atoms with van der Waals surface area (Å²) in [5.41, 5.74) is 0.0797. The van der Waals surface area contributed by atoms with Crippen LogP contribution in [0.15, 0.2) is 27.2 Å². The smallest absolute Gasteiger partial charge is 0.405 e. The first-order chi connectivity index (χ1) is 8.35. The molecule has 1 aromatic carbocycles. The Morgan fingerprint density at radius 2 is 2.06 bits per heavy atom. The average Bonchev–Trinajstić information content (AvgIpc) is 2.62. The third-order valence-electron chi connectivity index (χ3n) is 1.93. The van der Waals surface area contributed by atoms with Gasteiger partial charge in [0, 0.05) is 4.47 Å². The van der Waals surface area contributed by atoms with Gasteiger partial charge in [0.1, 0.15) is 5.75 Å². The molecule has 0 saturated carbocycles. The Labute approximate surface area is 108 Å². The minimum atomic E-state index is -4.79. The molecule has 4 nitrogen and oxygen atoms in total. The maximum Gasteiger partial charge on any atom is 0.573 e. The van der Waals surface area contributed by atoms with Crippen LogP contribution in [0, 0.1) is 6.92 Å². The molecule has 0 unspecified atom stereocenters. The van der Waals surface area contributed by atoms with Crippen molar-refractivity contribution < 1.29 is 22.4 Å². The summed E-state index contributed by atoms with van der Waals surface area (Å²) in [6, 6.07) is 4.14. The normalized spacial score (nSPS) is 11.6. The molecule has 8 heteroatoms. The van der Waals surface area contributed by atoms with Crippen LogP contribution in [0.2, 0.25) is 0 Å². The first-order valence-corrected chi connectivity index (χ1v) is 5.50. The summed E-state index contributed by atoms with van der Waals surface area (Å²) in [5.74, 6) is -0.106. The van der Waals surface area contributed by atoms with Gasteiger partial charge >= 0.3 is 6.36 Å². The molecule has 0 saturated heterocycles. The summed E-state index contributed by atoms with van der Waals surface area (Å²) in [6.07, 6.45) is -4.79. The lowest BCUT2D eigenvalue weighted by Crippen LogP contribution is -2.17. The van der Waals surface area contributed by atoms with Gasteiger partial charge in [-0.3, -0.25) is 0 Å². The fraction of sp³-hybridized carbons (Fsp3) is 0.200. The second-order valence-electron chi connectivity index (χ2n) is 3.34. The molecule has 0 N–H and O–H groups in total. The standard InChI is InChI=1S/C10H6BrF3N2O2/c1-5-15-9(18-16-5)7-3-2-6(11)4-8(7)17-10(12,13)14/h2-4H,1H3. The van der Waals surface area contributed by atoms with Gasteiger partial charge in [-0.05, 0) is 25.1 Å². The minimum Gasteiger partial charge on any atom is -0.405 e. The van der Waals surface area contributed by atoms with Gasteiger partial charge < -0.3 is 9.26 Å². The van der Waals surface area contributed by atoms with Gasteiger partial charge in [-0.1, -0.05) is 21.1 Å². The Balaban J connectivity index is 2.47. The predicted octanol–water partition coefficient (Wildman–Crippen LogP) is 3.71. The molecule has 0 bridgehead atoms. The van der Waals surface area contributed by atoms with E-state index < -0.39 is 12.1 Å². The summed E-state index contributed by atoms with van der Waals surface area (Å²) < 4.78 is 46.0. The van der Waals surface area contributed by atoms with Crippen LogP contribution >= 0.6 is 15.9 Å². The third-order valence-corrected chi connectivity index (χ3v) is 2.42. The van der Waals surface area contributed by atoms with Crippen LogP contribution < -0.4 is 4.74 Å². The van der Waals surface area contributed by atoms with Crippen LogP contribution in [-0.4, -0.2) is 16.5 Å². The van der Waals surface area contributed by atoms with E-state index in [1.54, 1.807) is 13.0 Å². The molecule has 18 heavy (non-hydrogen) atoms. The lowest BCUT2D eigenvalue weighted by atomic mass is 10.2. The van der Waals surface area contributed by atoms with E-state index in [0.29, 0.717) is 10.3 Å². The van der Waals surface area contributed by atoms with E-state index in [9.17, 15) is 13.2 Å². The molecule has 0 aliphatic carbocycles. The fourth-order valence-electron chi connectivity index (χ4n) is 1.29. The molecule has 1 aromatic heterocycles. The number of halogens is 4. The minimum absolute atomic E-state index is 0.0285. The largest absolute Gasteiger partial charge is 0.573 e. The molecular weight excluding hydrogens is 317 g/mol. The van der Waals surface area contributed by atoms with E-state index in [4.69, 9.17) is 4.52 Å². The van der Waals surface area contributed by atoms with Crippen molar-refractivity contribution in [3.05, 3.63) is 28.5 Å². The van der Waals surface area contributed by atoms with Gasteiger partial charge in [-0.25, -0.2) is 0 Å². The van der Waals surface area contributed by atoms with Gasteiger partial charge in [0.25, 0.3) is 5.89 Å². The lowest BCUT2D eigenvalue weighted by Gasteiger charge is -2.11. The molecule has 96 valence electrons. The summed E-state index contributed by atoms with van der Waals surface area (Å²) >= 11 is 3.07. The lowest BCUT2D eigenvalue weighted by molar-refractivity contribution is -0.274. The van der Waals surface area contributed by atoms with E-state index in [2.05, 4.69) is 30.8 Å². The van der Waals surface area contributed by atoms with Gasteiger partial charge in [0.05, 0.1) is 5.56 Å². The van der Waals surface area contributed by atoms with Gasteiger partial charge in [0.15, 0.2) is 5.82 Å². The topological polar surface area (TPSA) is 48.2 Å². The molecule has 1 heterocycles. The SMILES string of the molecule is Cc1noc(-c2ccc(Br)cc2OC(F)(F)F)n1. The Kier molecular flexibility index (Phi) is 3.29. The molecule has 0 aliphatic heterocycles. The van der Waals surface area contributed by atoms with Gasteiger partial charge in [-0.15, -0.1) is 13.2 Å². The number of alkyl halides is 3. The Morgan fingerprint density at radius 1 is 1.33 bits per heavy atom. The molecule has 0 aliphatic rings. The van der Waals surface area contributed by atoms with Crippen molar-refractivity contribution in [1.29, 1.82) is 0 Å². The van der Waals surface area contributed by atoms with Crippen LogP contribution in [-0.2, 0) is 0 Å². The van der Waals surface area contributed by atoms with E-state index >= 15 is 0 Å². The molecule has 0 atom stereocenters. The number of benzene rings is 1. The highest BCUT2D eigenvalue weighted by molar-refractivity contribution is 9.10. The highest BCUT2D eigenvalue weighted by atomic mass is 79.9. The zero-order valence-electron chi connectivity index (χ0n) is 8.95. The molecular formula is C10H6BrF3N2O2. The Bertz CT molecular complexity index is 568. The van der Waals surface area contributed by atoms with Crippen LogP contribution in [0.1, 0.15) is 5.82 Å². The van der Waals surface area contributed by atoms with Crippen molar-refractivity contribution in [3.63, 3.8) is 0 Å². The second kappa shape index (κ2) is 4.60. The van der Waals surface area contributed by atoms with Crippen molar-refractivity contribution in [2.24, 2.45) is 0 Å². The van der Waals surface area contributed by atoms with E-state index in [-0.39, 0.29) is 11.5 Å². The van der Waals surface area contributed by atoms with Crippen molar-refractivity contribution in [2.45, 2.75) is 13.3 Å². The van der Waals surface area contributed by atoms with E-state index in [0.717, 1.165) is 0 Å². The van der Waals surface area contributed by atoms with Crippen LogP contribution in [0.5, 0.6) is 5.75 Å². The van der Waals surface area contributed by atoms with E-state index in [1.807, 2.05) is 0 Å². The number of rotatable bonds is 2. The highest BCUT2D eigenvalue weighted by Crippen LogP contribution is 2.35. The summed E-state index contributed by atoms with van der Waals surface area (Å²) in [4.78, 5) is 3.86. The third kappa shape index (κ3) is 3.00. The number of aromatic nitrogens is 2. The number of hydrogen-bond acceptors (Lipinski definition) is 4. The maximum absolute atomic E-state index is 12.3. The van der Waals surface area contributed by atoms with Crippen molar-refractivity contribution >= 4 is 15.9 Å². The number of nitrogens with zero attached hydrogens (tertiary/aromatic N) is 2. The van der Waals surface area contributed by atoms with Crippen molar-refractivity contribution in [3.8, 4) is 17.2 Å². The zero-order chi connectivity index (χ0) is 13.3. The summed E-state index contributed by atoms with van der Waals surface area (Å²) in [7, 11) is 0. The maximum atomic E-state index is 12.3. The molecule has 0 fully saturated rings. The average molecular weight is 323 g/mol. The first-order valence-electron chi connectivity index (χ1n) is 4.71. The van der Waals surface area contributed by atoms with Crippen molar-refractivity contribution in [1.82, 2.24) is 10.1 Å². The van der Waals surface area contributed by atoms with Gasteiger partial charge in [-0.2, -0.15) is 4.98 Å². The predicted molar refractivity (Wildman–Crippen MR) is 58.9 cm³/mol. The van der Waals surface area contributed by atoms with Crippen molar-refractivity contribution in [2.75, 3.05) is 0 Å². The van der Waals surface area contributed by atoms with Crippen LogP contribution in [0.25, 0.3) is 11.5 Å². The summed E-state index contributed by atoms with van der Waals surface area (Å²) in [5, 5.41) is 3.52. The van der Waals surface area contributed by atoms with Crippen LogP contribution in [0.4, 0.5) is 13.2 Å². The molecule has 0 amide bonds. The second-order valence-corrected chi connectivity index (χ2v) is 4.25. The first kappa shape index (κ1) is 12.9. The molecule has 2 rings (SSSR count). The Hall–Kier alpha value is -1.57. The number of aryl methyl sites for hydroxylation is 1. The quantitative estimate of drug-likeness (QED) is 0.845. The molecule has 2 aromatic rings. The number of ether oxygens (including phenoxy) is 1. The molecule has 0 spiro atoms. The number of hydrogen-bond donors (Lipinski definition) is 0. The van der Waals surface area contributed by atoms with E-state index in [1.165, 1.54) is 12.1 Å². The molecule has 0 radical (unpaired) electrons. The van der Waals surface area contributed by atoms with Gasteiger partial charge in [0.2, 0.25) is 0 Å². The summed E-state index contributed by atoms with van der Waals surface area (Å²) in [6.45, 7) is 1.57. The Morgan fingerprint density at radius 3 is 2.61 bits per heavy atom. The monoisotopic (exact) mass is 322 g/mol.